The maximum atomic E-state index is 8.77. The van der Waals surface area contributed by atoms with Crippen LogP contribution in [-0.2, 0) is 0 Å². The highest BCUT2D eigenvalue weighted by molar-refractivity contribution is 5.97. The summed E-state index contributed by atoms with van der Waals surface area (Å²) in [6.07, 6.45) is 0. The Morgan fingerprint density at radius 2 is 1.83 bits per heavy atom. The van der Waals surface area contributed by atoms with Crippen LogP contribution in [0.15, 0.2) is 35.5 Å². The van der Waals surface area contributed by atoms with E-state index in [0.717, 1.165) is 16.8 Å². The summed E-state index contributed by atoms with van der Waals surface area (Å²) in [5.41, 5.74) is 8.65. The van der Waals surface area contributed by atoms with Crippen LogP contribution in [0.3, 0.4) is 0 Å². The van der Waals surface area contributed by atoms with Crippen LogP contribution < -0.4 is 5.73 Å². The largest absolute Gasteiger partial charge is 0.409 e. The third-order valence-corrected chi connectivity index (χ3v) is 2.66. The van der Waals surface area contributed by atoms with E-state index in [2.05, 4.69) is 15.1 Å². The fraction of sp³-hybridized carbons (Fsp3) is 0.154. The summed E-state index contributed by atoms with van der Waals surface area (Å²) in [5, 5.41) is 11.8. The normalized spacial score (nSPS) is 11.6. The first-order valence-corrected chi connectivity index (χ1v) is 5.52. The number of aromatic nitrogens is 2. The van der Waals surface area contributed by atoms with E-state index in [1.54, 1.807) is 6.92 Å². The monoisotopic (exact) mass is 242 g/mol. The molecular weight excluding hydrogens is 228 g/mol. The minimum absolute atomic E-state index is 0.00446. The second-order valence-electron chi connectivity index (χ2n) is 3.94. The lowest BCUT2D eigenvalue weighted by molar-refractivity contribution is 0.318. The molecule has 2 rings (SSSR count). The van der Waals surface area contributed by atoms with Crippen LogP contribution in [0.5, 0.6) is 0 Å². The Morgan fingerprint density at radius 1 is 1.17 bits per heavy atom. The molecule has 3 N–H and O–H groups in total. The molecule has 0 bridgehead atoms. The van der Waals surface area contributed by atoms with Gasteiger partial charge in [0.1, 0.15) is 11.5 Å². The smallest absolute Gasteiger partial charge is 0.189 e. The summed E-state index contributed by atoms with van der Waals surface area (Å²) in [4.78, 5) is 8.62. The summed E-state index contributed by atoms with van der Waals surface area (Å²) in [6.45, 7) is 3.63. The highest BCUT2D eigenvalue weighted by Crippen LogP contribution is 2.22. The highest BCUT2D eigenvalue weighted by atomic mass is 16.4. The maximum absolute atomic E-state index is 8.77. The number of hydrogen-bond acceptors (Lipinski definition) is 4. The van der Waals surface area contributed by atoms with Gasteiger partial charge in [0, 0.05) is 11.1 Å². The molecule has 18 heavy (non-hydrogen) atoms. The third kappa shape index (κ3) is 2.15. The van der Waals surface area contributed by atoms with Gasteiger partial charge in [0.2, 0.25) is 0 Å². The molecule has 1 aromatic heterocycles. The van der Waals surface area contributed by atoms with E-state index >= 15 is 0 Å². The van der Waals surface area contributed by atoms with Gasteiger partial charge in [-0.25, -0.2) is 9.97 Å². The molecule has 0 saturated carbocycles. The van der Waals surface area contributed by atoms with E-state index in [1.807, 2.05) is 37.3 Å². The van der Waals surface area contributed by atoms with Crippen molar-refractivity contribution in [2.45, 2.75) is 13.8 Å². The molecule has 5 heteroatoms. The first-order valence-electron chi connectivity index (χ1n) is 5.52. The SMILES string of the molecule is Cc1nc(/C(N)=N/O)c(C)c(-c2ccccc2)n1. The number of nitrogens with two attached hydrogens (primary N) is 1. The van der Waals surface area contributed by atoms with E-state index < -0.39 is 0 Å². The Labute approximate surface area is 105 Å². The lowest BCUT2D eigenvalue weighted by Crippen LogP contribution is -2.18. The van der Waals surface area contributed by atoms with Crippen molar-refractivity contribution in [2.75, 3.05) is 0 Å². The van der Waals surface area contributed by atoms with Gasteiger partial charge in [-0.05, 0) is 13.8 Å². The van der Waals surface area contributed by atoms with Crippen molar-refractivity contribution in [1.29, 1.82) is 0 Å². The van der Waals surface area contributed by atoms with E-state index in [4.69, 9.17) is 10.9 Å². The summed E-state index contributed by atoms with van der Waals surface area (Å²) in [6, 6.07) is 9.75. The molecule has 1 aromatic carbocycles. The summed E-state index contributed by atoms with van der Waals surface area (Å²) in [5.74, 6) is 0.580. The van der Waals surface area contributed by atoms with Crippen molar-refractivity contribution in [3.05, 3.63) is 47.4 Å². The number of benzene rings is 1. The second-order valence-corrected chi connectivity index (χ2v) is 3.94. The Bertz CT molecular complexity index is 593. The molecule has 0 spiro atoms. The van der Waals surface area contributed by atoms with Crippen molar-refractivity contribution in [1.82, 2.24) is 9.97 Å². The van der Waals surface area contributed by atoms with Gasteiger partial charge < -0.3 is 10.9 Å². The van der Waals surface area contributed by atoms with Crippen molar-refractivity contribution in [3.63, 3.8) is 0 Å². The van der Waals surface area contributed by atoms with E-state index in [9.17, 15) is 0 Å². The fourth-order valence-electron chi connectivity index (χ4n) is 1.80. The first-order chi connectivity index (χ1) is 8.63. The standard InChI is InChI=1S/C13H14N4O/c1-8-11(10-6-4-3-5-7-10)15-9(2)16-12(8)13(14)17-18/h3-7,18H,1-2H3,(H2,14,17). The Kier molecular flexibility index (Phi) is 3.23. The first kappa shape index (κ1) is 12.0. The van der Waals surface area contributed by atoms with E-state index in [-0.39, 0.29) is 5.84 Å². The number of hydrogen-bond donors (Lipinski definition) is 2. The topological polar surface area (TPSA) is 84.4 Å². The number of rotatable bonds is 2. The molecule has 0 aliphatic carbocycles. The fourth-order valence-corrected chi connectivity index (χ4v) is 1.80. The van der Waals surface area contributed by atoms with Gasteiger partial charge in [0.25, 0.3) is 0 Å². The molecule has 0 fully saturated rings. The average molecular weight is 242 g/mol. The third-order valence-electron chi connectivity index (χ3n) is 2.66. The molecule has 1 heterocycles. The zero-order valence-corrected chi connectivity index (χ0v) is 10.3. The van der Waals surface area contributed by atoms with Crippen molar-refractivity contribution >= 4 is 5.84 Å². The number of oxime groups is 1. The van der Waals surface area contributed by atoms with Crippen molar-refractivity contribution < 1.29 is 5.21 Å². The molecule has 0 aliphatic rings. The maximum Gasteiger partial charge on any atom is 0.189 e. The summed E-state index contributed by atoms with van der Waals surface area (Å²) in [7, 11) is 0. The zero-order chi connectivity index (χ0) is 13.1. The molecule has 0 atom stereocenters. The number of aryl methyl sites for hydroxylation is 1. The van der Waals surface area contributed by atoms with Crippen LogP contribution in [0.2, 0.25) is 0 Å². The van der Waals surface area contributed by atoms with Crippen molar-refractivity contribution in [3.8, 4) is 11.3 Å². The molecule has 0 unspecified atom stereocenters. The molecular formula is C13H14N4O. The van der Waals surface area contributed by atoms with Crippen LogP contribution in [0.4, 0.5) is 0 Å². The molecule has 0 aliphatic heterocycles. The Hall–Kier alpha value is -2.43. The molecule has 92 valence electrons. The molecule has 0 saturated heterocycles. The van der Waals surface area contributed by atoms with E-state index in [1.165, 1.54) is 0 Å². The minimum atomic E-state index is -0.00446. The molecule has 0 radical (unpaired) electrons. The van der Waals surface area contributed by atoms with E-state index in [0.29, 0.717) is 11.5 Å². The molecule has 0 amide bonds. The highest BCUT2D eigenvalue weighted by Gasteiger charge is 2.13. The summed E-state index contributed by atoms with van der Waals surface area (Å²) >= 11 is 0. The predicted molar refractivity (Wildman–Crippen MR) is 69.5 cm³/mol. The van der Waals surface area contributed by atoms with Gasteiger partial charge in [-0.2, -0.15) is 0 Å². The molecule has 2 aromatic rings. The van der Waals surface area contributed by atoms with Gasteiger partial charge in [-0.15, -0.1) is 0 Å². The molecule has 5 nitrogen and oxygen atoms in total. The zero-order valence-electron chi connectivity index (χ0n) is 10.3. The Balaban J connectivity index is 2.66. The second kappa shape index (κ2) is 4.83. The van der Waals surface area contributed by atoms with Gasteiger partial charge in [-0.1, -0.05) is 35.5 Å². The quantitative estimate of drug-likeness (QED) is 0.364. The lowest BCUT2D eigenvalue weighted by atomic mass is 10.0. The summed E-state index contributed by atoms with van der Waals surface area (Å²) < 4.78 is 0. The van der Waals surface area contributed by atoms with Crippen molar-refractivity contribution in [2.24, 2.45) is 10.9 Å². The van der Waals surface area contributed by atoms with Crippen LogP contribution in [0, 0.1) is 13.8 Å². The number of amidine groups is 1. The lowest BCUT2D eigenvalue weighted by Gasteiger charge is -2.10. The number of nitrogens with zero attached hydrogens (tertiary/aromatic N) is 3. The van der Waals surface area contributed by atoms with Gasteiger partial charge >= 0.3 is 0 Å². The predicted octanol–water partition coefficient (Wildman–Crippen LogP) is 1.85. The van der Waals surface area contributed by atoms with Crippen LogP contribution in [0.1, 0.15) is 17.1 Å². The van der Waals surface area contributed by atoms with Crippen LogP contribution in [-0.4, -0.2) is 21.0 Å². The Morgan fingerprint density at radius 3 is 2.44 bits per heavy atom. The van der Waals surface area contributed by atoms with Crippen LogP contribution in [0.25, 0.3) is 11.3 Å². The minimum Gasteiger partial charge on any atom is -0.409 e. The van der Waals surface area contributed by atoms with Gasteiger partial charge in [-0.3, -0.25) is 0 Å². The van der Waals surface area contributed by atoms with Gasteiger partial charge in [0.05, 0.1) is 5.69 Å². The van der Waals surface area contributed by atoms with Crippen LogP contribution >= 0.6 is 0 Å². The average Bonchev–Trinajstić information content (AvgIpc) is 2.41. The van der Waals surface area contributed by atoms with Gasteiger partial charge in [0.15, 0.2) is 5.84 Å².